The molecule has 1 rings (SSSR count). The van der Waals surface area contributed by atoms with Gasteiger partial charge in [-0.05, 0) is 24.6 Å². The Kier molecular flexibility index (Phi) is 6.61. The summed E-state index contributed by atoms with van der Waals surface area (Å²) in [5, 5.41) is 12.1. The summed E-state index contributed by atoms with van der Waals surface area (Å²) < 4.78 is 5.21. The molecule has 0 bridgehead atoms. The highest BCUT2D eigenvalue weighted by atomic mass is 35.5. The van der Waals surface area contributed by atoms with Gasteiger partial charge in [0, 0.05) is 10.0 Å². The Hall–Kier alpha value is -1.46. The second-order valence-electron chi connectivity index (χ2n) is 4.14. The number of amides is 1. The molecule has 0 saturated carbocycles. The number of aliphatic carboxylic acids is 1. The average Bonchev–Trinajstić information content (AvgIpc) is 2.34. The van der Waals surface area contributed by atoms with E-state index in [1.807, 2.05) is 6.92 Å². The zero-order valence-electron chi connectivity index (χ0n) is 10.9. The molecule has 2 N–H and O–H groups in total. The van der Waals surface area contributed by atoms with Crippen LogP contribution in [0.1, 0.15) is 19.8 Å². The number of carboxylic acids is 1. The smallest absolute Gasteiger partial charge is 0.326 e. The van der Waals surface area contributed by atoms with E-state index in [-0.39, 0.29) is 6.61 Å². The van der Waals surface area contributed by atoms with Gasteiger partial charge in [0.25, 0.3) is 5.91 Å². The van der Waals surface area contributed by atoms with Crippen molar-refractivity contribution >= 4 is 35.1 Å². The number of carbonyl (C=O) groups is 2. The zero-order valence-corrected chi connectivity index (χ0v) is 12.4. The lowest BCUT2D eigenvalue weighted by Crippen LogP contribution is -2.42. The number of hydrogen-bond donors (Lipinski definition) is 2. The van der Waals surface area contributed by atoms with Crippen LogP contribution in [0.3, 0.4) is 0 Å². The number of hydrogen-bond acceptors (Lipinski definition) is 3. The first-order valence-corrected chi connectivity index (χ1v) is 6.79. The molecule has 0 fully saturated rings. The summed E-state index contributed by atoms with van der Waals surface area (Å²) >= 11 is 11.6. The molecule has 0 radical (unpaired) electrons. The van der Waals surface area contributed by atoms with E-state index >= 15 is 0 Å². The Morgan fingerprint density at radius 1 is 1.30 bits per heavy atom. The van der Waals surface area contributed by atoms with E-state index in [0.29, 0.717) is 28.6 Å². The fraction of sp³-hybridized carbons (Fsp3) is 0.385. The molecule has 20 heavy (non-hydrogen) atoms. The molecule has 1 amide bonds. The predicted octanol–water partition coefficient (Wildman–Crippen LogP) is 2.74. The fourth-order valence-corrected chi connectivity index (χ4v) is 2.05. The normalized spacial score (nSPS) is 11.8. The third-order valence-electron chi connectivity index (χ3n) is 2.42. The van der Waals surface area contributed by atoms with Crippen LogP contribution in [0.2, 0.25) is 10.0 Å². The maximum atomic E-state index is 11.6. The first-order valence-electron chi connectivity index (χ1n) is 6.03. The molecule has 5 nitrogen and oxygen atoms in total. The second kappa shape index (κ2) is 7.97. The standard InChI is InChI=1S/C13H15Cl2NO4/c1-2-3-11(13(18)19)16-12(17)7-20-10-5-8(14)4-9(15)6-10/h4-6,11H,2-3,7H2,1H3,(H,16,17)(H,18,19). The Morgan fingerprint density at radius 2 is 1.90 bits per heavy atom. The molecule has 0 aliphatic rings. The molecule has 0 aromatic heterocycles. The highest BCUT2D eigenvalue weighted by molar-refractivity contribution is 6.34. The van der Waals surface area contributed by atoms with Crippen molar-refractivity contribution in [3.05, 3.63) is 28.2 Å². The van der Waals surface area contributed by atoms with E-state index in [1.54, 1.807) is 0 Å². The van der Waals surface area contributed by atoms with Crippen molar-refractivity contribution in [2.75, 3.05) is 6.61 Å². The van der Waals surface area contributed by atoms with E-state index in [1.165, 1.54) is 18.2 Å². The molecule has 1 aromatic carbocycles. The lowest BCUT2D eigenvalue weighted by Gasteiger charge is -2.14. The summed E-state index contributed by atoms with van der Waals surface area (Å²) in [7, 11) is 0. The van der Waals surface area contributed by atoms with Crippen LogP contribution in [-0.4, -0.2) is 29.6 Å². The summed E-state index contributed by atoms with van der Waals surface area (Å²) in [5.74, 6) is -1.23. The van der Waals surface area contributed by atoms with Crippen LogP contribution in [0.15, 0.2) is 18.2 Å². The Labute approximate surface area is 126 Å². The minimum atomic E-state index is -1.06. The van der Waals surface area contributed by atoms with E-state index in [4.69, 9.17) is 33.0 Å². The van der Waals surface area contributed by atoms with Crippen molar-refractivity contribution in [2.24, 2.45) is 0 Å². The van der Waals surface area contributed by atoms with Crippen LogP contribution in [0.4, 0.5) is 0 Å². The second-order valence-corrected chi connectivity index (χ2v) is 5.01. The van der Waals surface area contributed by atoms with Gasteiger partial charge in [-0.2, -0.15) is 0 Å². The average molecular weight is 320 g/mol. The van der Waals surface area contributed by atoms with Gasteiger partial charge in [-0.15, -0.1) is 0 Å². The number of nitrogens with one attached hydrogen (secondary N) is 1. The topological polar surface area (TPSA) is 75.6 Å². The van der Waals surface area contributed by atoms with Crippen LogP contribution < -0.4 is 10.1 Å². The lowest BCUT2D eigenvalue weighted by atomic mass is 10.2. The van der Waals surface area contributed by atoms with Gasteiger partial charge in [0.05, 0.1) is 0 Å². The first kappa shape index (κ1) is 16.6. The summed E-state index contributed by atoms with van der Waals surface area (Å²) in [5.41, 5.74) is 0. The van der Waals surface area contributed by atoms with Gasteiger partial charge in [-0.25, -0.2) is 4.79 Å². The summed E-state index contributed by atoms with van der Waals surface area (Å²) in [6.07, 6.45) is 1.02. The quantitative estimate of drug-likeness (QED) is 0.810. The summed E-state index contributed by atoms with van der Waals surface area (Å²) in [6, 6.07) is 3.67. The molecule has 0 spiro atoms. The Balaban J connectivity index is 2.52. The van der Waals surface area contributed by atoms with E-state index < -0.39 is 17.9 Å². The third kappa shape index (κ3) is 5.67. The van der Waals surface area contributed by atoms with Crippen LogP contribution in [0.25, 0.3) is 0 Å². The maximum absolute atomic E-state index is 11.6. The number of ether oxygens (including phenoxy) is 1. The molecule has 0 heterocycles. The van der Waals surface area contributed by atoms with Crippen molar-refractivity contribution in [3.8, 4) is 5.75 Å². The number of rotatable bonds is 7. The van der Waals surface area contributed by atoms with Gasteiger partial charge in [0.2, 0.25) is 0 Å². The SMILES string of the molecule is CCCC(NC(=O)COc1cc(Cl)cc(Cl)c1)C(=O)O. The lowest BCUT2D eigenvalue weighted by molar-refractivity contribution is -0.142. The molecule has 7 heteroatoms. The maximum Gasteiger partial charge on any atom is 0.326 e. The van der Waals surface area contributed by atoms with Gasteiger partial charge in [-0.1, -0.05) is 36.5 Å². The highest BCUT2D eigenvalue weighted by Crippen LogP contribution is 2.23. The van der Waals surface area contributed by atoms with Gasteiger partial charge in [0.15, 0.2) is 6.61 Å². The van der Waals surface area contributed by atoms with Crippen LogP contribution in [0, 0.1) is 0 Å². The molecule has 0 saturated heterocycles. The van der Waals surface area contributed by atoms with Crippen LogP contribution in [0.5, 0.6) is 5.75 Å². The van der Waals surface area contributed by atoms with E-state index in [9.17, 15) is 9.59 Å². The first-order chi connectivity index (χ1) is 9.42. The molecular weight excluding hydrogens is 305 g/mol. The van der Waals surface area contributed by atoms with E-state index in [2.05, 4.69) is 5.32 Å². The number of halogens is 2. The highest BCUT2D eigenvalue weighted by Gasteiger charge is 2.18. The molecule has 1 atom stereocenters. The Morgan fingerprint density at radius 3 is 2.40 bits per heavy atom. The predicted molar refractivity (Wildman–Crippen MR) is 76.4 cm³/mol. The number of carboxylic acid groups (broad SMARTS) is 1. The number of benzene rings is 1. The van der Waals surface area contributed by atoms with Crippen LogP contribution in [-0.2, 0) is 9.59 Å². The summed E-state index contributed by atoms with van der Waals surface area (Å²) in [4.78, 5) is 22.5. The Bertz CT molecular complexity index is 473. The third-order valence-corrected chi connectivity index (χ3v) is 2.85. The van der Waals surface area contributed by atoms with Crippen molar-refractivity contribution in [1.29, 1.82) is 0 Å². The van der Waals surface area contributed by atoms with Gasteiger partial charge in [-0.3, -0.25) is 4.79 Å². The van der Waals surface area contributed by atoms with Gasteiger partial charge < -0.3 is 15.2 Å². The number of carbonyl (C=O) groups excluding carboxylic acids is 1. The van der Waals surface area contributed by atoms with Crippen molar-refractivity contribution in [3.63, 3.8) is 0 Å². The minimum Gasteiger partial charge on any atom is -0.484 e. The molecule has 1 aromatic rings. The van der Waals surface area contributed by atoms with Crippen molar-refractivity contribution < 1.29 is 19.4 Å². The van der Waals surface area contributed by atoms with Gasteiger partial charge >= 0.3 is 5.97 Å². The molecule has 110 valence electrons. The van der Waals surface area contributed by atoms with Gasteiger partial charge in [0.1, 0.15) is 11.8 Å². The largest absolute Gasteiger partial charge is 0.484 e. The summed E-state index contributed by atoms with van der Waals surface area (Å²) in [6.45, 7) is 1.54. The van der Waals surface area contributed by atoms with Crippen molar-refractivity contribution in [1.82, 2.24) is 5.32 Å². The van der Waals surface area contributed by atoms with E-state index in [0.717, 1.165) is 0 Å². The molecular formula is C13H15Cl2NO4. The molecule has 0 aliphatic carbocycles. The monoisotopic (exact) mass is 319 g/mol. The molecule has 1 unspecified atom stereocenters. The van der Waals surface area contributed by atoms with Crippen LogP contribution >= 0.6 is 23.2 Å². The minimum absolute atomic E-state index is 0.301. The molecule has 0 aliphatic heterocycles. The fourth-order valence-electron chi connectivity index (χ4n) is 1.54. The van der Waals surface area contributed by atoms with Crippen molar-refractivity contribution in [2.45, 2.75) is 25.8 Å². The zero-order chi connectivity index (χ0) is 15.1.